The quantitative estimate of drug-likeness (QED) is 0.416. The third-order valence-corrected chi connectivity index (χ3v) is 2.00. The zero-order valence-corrected chi connectivity index (χ0v) is 10.5. The largest absolute Gasteiger partial charge is 0.443 e. The molecule has 0 rings (SSSR count). The van der Waals surface area contributed by atoms with Crippen molar-refractivity contribution in [3.8, 4) is 0 Å². The second-order valence-electron chi connectivity index (χ2n) is 4.60. The van der Waals surface area contributed by atoms with E-state index in [4.69, 9.17) is 4.74 Å². The van der Waals surface area contributed by atoms with Crippen LogP contribution >= 0.6 is 0 Å². The number of hydrogen-bond acceptors (Lipinski definition) is 5. The lowest BCUT2D eigenvalue weighted by Gasteiger charge is -2.45. The summed E-state index contributed by atoms with van der Waals surface area (Å²) < 4.78 is 4.96. The van der Waals surface area contributed by atoms with Gasteiger partial charge in [-0.2, -0.15) is 0 Å². The number of rotatable bonds is 5. The Morgan fingerprint density at radius 1 is 1.31 bits per heavy atom. The second-order valence-corrected chi connectivity index (χ2v) is 4.60. The van der Waals surface area contributed by atoms with Crippen molar-refractivity contribution in [1.82, 2.24) is 4.90 Å². The van der Waals surface area contributed by atoms with Crippen LogP contribution in [0.3, 0.4) is 0 Å². The third kappa shape index (κ3) is 4.30. The van der Waals surface area contributed by atoms with Gasteiger partial charge in [-0.25, -0.2) is 9.69 Å². The molecule has 0 saturated carbocycles. The Morgan fingerprint density at radius 3 is 1.94 bits per heavy atom. The number of carbonyl (C=O) groups excluding carboxylic acids is 1. The Bertz CT molecular complexity index is 248. The van der Waals surface area contributed by atoms with Crippen LogP contribution in [0.25, 0.3) is 0 Å². The molecule has 0 amide bonds. The van der Waals surface area contributed by atoms with Gasteiger partial charge in [0.05, 0.1) is 0 Å². The van der Waals surface area contributed by atoms with E-state index in [-0.39, 0.29) is 0 Å². The van der Waals surface area contributed by atoms with Crippen LogP contribution in [0.1, 0.15) is 34.6 Å². The van der Waals surface area contributed by atoms with Gasteiger partial charge < -0.3 is 14.9 Å². The molecule has 2 N–H and O–H groups in total. The van der Waals surface area contributed by atoms with E-state index in [0.717, 1.165) is 6.08 Å². The Kier molecular flexibility index (Phi) is 4.67. The summed E-state index contributed by atoms with van der Waals surface area (Å²) in [5.41, 5.74) is -2.64. The highest BCUT2D eigenvalue weighted by Crippen LogP contribution is 2.24. The van der Waals surface area contributed by atoms with Gasteiger partial charge in [-0.15, -0.1) is 0 Å². The van der Waals surface area contributed by atoms with Crippen molar-refractivity contribution in [2.45, 2.75) is 52.3 Å². The summed E-state index contributed by atoms with van der Waals surface area (Å²) in [7, 11) is 0. The average Bonchev–Trinajstić information content (AvgIpc) is 1.97. The molecule has 0 spiro atoms. The highest BCUT2D eigenvalue weighted by Gasteiger charge is 2.40. The minimum Gasteiger partial charge on any atom is -0.443 e. The van der Waals surface area contributed by atoms with Crippen LogP contribution in [0.5, 0.6) is 0 Å². The molecule has 94 valence electrons. The van der Waals surface area contributed by atoms with Gasteiger partial charge in [0.2, 0.25) is 0 Å². The van der Waals surface area contributed by atoms with E-state index in [2.05, 4.69) is 6.58 Å². The Labute approximate surface area is 96.3 Å². The molecule has 0 aromatic heterocycles. The number of carbonyl (C=O) groups is 1. The zero-order chi connectivity index (χ0) is 13.1. The maximum absolute atomic E-state index is 11.1. The molecule has 0 aliphatic rings. The molecule has 0 bridgehead atoms. The van der Waals surface area contributed by atoms with E-state index < -0.39 is 23.6 Å². The maximum Gasteiger partial charge on any atom is 0.331 e. The van der Waals surface area contributed by atoms with Crippen molar-refractivity contribution in [2.75, 3.05) is 0 Å². The fourth-order valence-electron chi connectivity index (χ4n) is 1.83. The summed E-state index contributed by atoms with van der Waals surface area (Å²) in [6, 6.07) is 0. The molecule has 1 unspecified atom stereocenters. The predicted octanol–water partition coefficient (Wildman–Crippen LogP) is 0.820. The van der Waals surface area contributed by atoms with E-state index in [1.807, 2.05) is 0 Å². The first-order chi connectivity index (χ1) is 7.00. The van der Waals surface area contributed by atoms with Crippen molar-refractivity contribution < 1.29 is 19.7 Å². The van der Waals surface area contributed by atoms with Crippen LogP contribution in [-0.2, 0) is 9.53 Å². The fraction of sp³-hybridized carbons (Fsp3) is 0.727. The first-order valence-electron chi connectivity index (χ1n) is 5.07. The lowest BCUT2D eigenvalue weighted by Crippen LogP contribution is -2.60. The summed E-state index contributed by atoms with van der Waals surface area (Å²) in [5.74, 6) is -0.606. The molecule has 0 aliphatic carbocycles. The average molecular weight is 231 g/mol. The topological polar surface area (TPSA) is 70.0 Å². The summed E-state index contributed by atoms with van der Waals surface area (Å²) in [6.07, 6.45) is 0.258. The molecule has 0 aromatic carbocycles. The van der Waals surface area contributed by atoms with Gasteiger partial charge in [-0.05, 0) is 34.6 Å². The first-order valence-corrected chi connectivity index (χ1v) is 5.07. The number of aliphatic hydroxyl groups is 2. The van der Waals surface area contributed by atoms with E-state index in [1.54, 1.807) is 6.92 Å². The van der Waals surface area contributed by atoms with E-state index in [9.17, 15) is 15.0 Å². The van der Waals surface area contributed by atoms with Crippen LogP contribution < -0.4 is 0 Å². The first kappa shape index (κ1) is 15.1. The zero-order valence-electron chi connectivity index (χ0n) is 10.5. The molecule has 5 heteroatoms. The number of hydrogen-bond donors (Lipinski definition) is 2. The number of nitrogens with zero attached hydrogens (tertiary/aromatic N) is 1. The van der Waals surface area contributed by atoms with Gasteiger partial charge in [0, 0.05) is 6.08 Å². The van der Waals surface area contributed by atoms with Gasteiger partial charge in [0.25, 0.3) is 0 Å². The van der Waals surface area contributed by atoms with E-state index in [0.29, 0.717) is 0 Å². The van der Waals surface area contributed by atoms with Crippen molar-refractivity contribution in [3.63, 3.8) is 0 Å². The molecule has 5 nitrogen and oxygen atoms in total. The third-order valence-electron chi connectivity index (χ3n) is 2.00. The van der Waals surface area contributed by atoms with Gasteiger partial charge in [-0.1, -0.05) is 6.58 Å². The molecule has 16 heavy (non-hydrogen) atoms. The number of esters is 1. The second kappa shape index (κ2) is 4.95. The Hall–Kier alpha value is -0.910. The molecular formula is C11H21NO4. The number of ether oxygens (including phenoxy) is 1. The van der Waals surface area contributed by atoms with Crippen molar-refractivity contribution in [1.29, 1.82) is 0 Å². The minimum absolute atomic E-state index is 0.606. The van der Waals surface area contributed by atoms with Crippen LogP contribution in [-0.4, -0.2) is 38.8 Å². The summed E-state index contributed by atoms with van der Waals surface area (Å²) in [6.45, 7) is 10.9. The van der Waals surface area contributed by atoms with Crippen LogP contribution in [0.15, 0.2) is 12.7 Å². The molecule has 0 saturated heterocycles. The van der Waals surface area contributed by atoms with Crippen LogP contribution in [0, 0.1) is 0 Å². The highest BCUT2D eigenvalue weighted by atomic mass is 16.6. The van der Waals surface area contributed by atoms with Gasteiger partial charge >= 0.3 is 5.97 Å². The summed E-state index contributed by atoms with van der Waals surface area (Å²) in [5, 5.41) is 19.8. The molecular weight excluding hydrogens is 210 g/mol. The predicted molar refractivity (Wildman–Crippen MR) is 60.2 cm³/mol. The molecule has 1 atom stereocenters. The SMILES string of the molecule is C=CC(=O)OC(C)N(C(C)(C)O)C(C)(C)O. The smallest absolute Gasteiger partial charge is 0.331 e. The van der Waals surface area contributed by atoms with E-state index >= 15 is 0 Å². The Balaban J connectivity index is 4.92. The van der Waals surface area contributed by atoms with E-state index in [1.165, 1.54) is 32.6 Å². The molecule has 0 radical (unpaired) electrons. The van der Waals surface area contributed by atoms with Gasteiger partial charge in [-0.3, -0.25) is 0 Å². The van der Waals surface area contributed by atoms with Crippen LogP contribution in [0.4, 0.5) is 0 Å². The van der Waals surface area contributed by atoms with Crippen molar-refractivity contribution in [2.24, 2.45) is 0 Å². The molecule has 0 heterocycles. The molecule has 0 aliphatic heterocycles. The summed E-state index contributed by atoms with van der Waals surface area (Å²) >= 11 is 0. The standard InChI is InChI=1S/C11H21NO4/c1-7-9(13)16-8(2)12(10(3,4)14)11(5,6)15/h7-8,14-15H,1H2,2-6H3. The van der Waals surface area contributed by atoms with Crippen molar-refractivity contribution in [3.05, 3.63) is 12.7 Å². The minimum atomic E-state index is -1.32. The normalized spacial score (nSPS) is 14.8. The highest BCUT2D eigenvalue weighted by molar-refractivity contribution is 5.81. The summed E-state index contributed by atoms with van der Waals surface area (Å²) in [4.78, 5) is 12.3. The van der Waals surface area contributed by atoms with Crippen molar-refractivity contribution >= 4 is 5.97 Å². The monoisotopic (exact) mass is 231 g/mol. The maximum atomic E-state index is 11.1. The fourth-order valence-corrected chi connectivity index (χ4v) is 1.83. The lowest BCUT2D eigenvalue weighted by molar-refractivity contribution is -0.256. The Morgan fingerprint density at radius 2 is 1.69 bits per heavy atom. The lowest BCUT2D eigenvalue weighted by atomic mass is 10.1. The van der Waals surface area contributed by atoms with Crippen LogP contribution in [0.2, 0.25) is 0 Å². The molecule has 0 aromatic rings. The van der Waals surface area contributed by atoms with Gasteiger partial charge in [0.15, 0.2) is 6.23 Å². The van der Waals surface area contributed by atoms with Gasteiger partial charge in [0.1, 0.15) is 11.4 Å². The molecule has 0 fully saturated rings.